The summed E-state index contributed by atoms with van der Waals surface area (Å²) in [6, 6.07) is 15.5. The first-order valence-corrected chi connectivity index (χ1v) is 11.0. The van der Waals surface area contributed by atoms with Crippen LogP contribution in [0.4, 0.5) is 4.79 Å². The van der Waals surface area contributed by atoms with Crippen LogP contribution >= 0.6 is 0 Å². The van der Waals surface area contributed by atoms with Crippen LogP contribution in [0.25, 0.3) is 11.1 Å². The van der Waals surface area contributed by atoms with Gasteiger partial charge in [0.1, 0.15) is 12.6 Å². The van der Waals surface area contributed by atoms with Gasteiger partial charge < -0.3 is 20.1 Å². The second-order valence-electron chi connectivity index (χ2n) is 8.61. The van der Waals surface area contributed by atoms with Gasteiger partial charge in [-0.3, -0.25) is 9.59 Å². The van der Waals surface area contributed by atoms with Gasteiger partial charge in [-0.2, -0.15) is 0 Å². The summed E-state index contributed by atoms with van der Waals surface area (Å²) in [5, 5.41) is 11.8. The van der Waals surface area contributed by atoms with E-state index in [1.807, 2.05) is 38.1 Å². The minimum atomic E-state index is -0.904. The van der Waals surface area contributed by atoms with Crippen molar-refractivity contribution in [3.8, 4) is 11.1 Å². The van der Waals surface area contributed by atoms with E-state index >= 15 is 0 Å². The molecule has 2 N–H and O–H groups in total. The number of rotatable bonds is 7. The Hall–Kier alpha value is -3.35. The molecule has 1 aliphatic carbocycles. The van der Waals surface area contributed by atoms with E-state index in [0.717, 1.165) is 22.3 Å². The normalized spacial score (nSPS) is 17.0. The van der Waals surface area contributed by atoms with E-state index in [1.165, 1.54) is 4.90 Å². The van der Waals surface area contributed by atoms with Gasteiger partial charge in [-0.15, -0.1) is 0 Å². The Bertz CT molecular complexity index is 985. The Morgan fingerprint density at radius 2 is 1.62 bits per heavy atom. The summed E-state index contributed by atoms with van der Waals surface area (Å²) in [6.07, 6.45) is 0.0526. The summed E-state index contributed by atoms with van der Waals surface area (Å²) in [5.74, 6) is -1.86. The number of carbonyl (C=O) groups is 3. The number of carboxylic acids is 1. The third-order valence-electron chi connectivity index (χ3n) is 6.64. The first kappa shape index (κ1) is 21.9. The second-order valence-corrected chi connectivity index (χ2v) is 8.61. The van der Waals surface area contributed by atoms with Crippen LogP contribution in [0.3, 0.4) is 0 Å². The third-order valence-corrected chi connectivity index (χ3v) is 6.64. The van der Waals surface area contributed by atoms with E-state index in [4.69, 9.17) is 9.84 Å². The molecule has 32 heavy (non-hydrogen) atoms. The van der Waals surface area contributed by atoms with Crippen LogP contribution in [0, 0.1) is 11.8 Å². The molecule has 2 unspecified atom stereocenters. The topological polar surface area (TPSA) is 95.9 Å². The summed E-state index contributed by atoms with van der Waals surface area (Å²) >= 11 is 0. The SMILES string of the molecule is CCC(C)C(NC(=O)OCC1c2ccccc2-c2ccccc21)C(=O)N1CC(C(=O)O)C1. The zero-order valence-electron chi connectivity index (χ0n) is 18.3. The predicted molar refractivity (Wildman–Crippen MR) is 119 cm³/mol. The summed E-state index contributed by atoms with van der Waals surface area (Å²) in [5.41, 5.74) is 4.54. The van der Waals surface area contributed by atoms with Crippen molar-refractivity contribution in [3.05, 3.63) is 59.7 Å². The van der Waals surface area contributed by atoms with Crippen LogP contribution in [0.2, 0.25) is 0 Å². The number of hydrogen-bond donors (Lipinski definition) is 2. The zero-order chi connectivity index (χ0) is 22.8. The number of nitrogens with one attached hydrogen (secondary N) is 1. The fourth-order valence-electron chi connectivity index (χ4n) is 4.46. The number of carboxylic acid groups (broad SMARTS) is 1. The van der Waals surface area contributed by atoms with Gasteiger partial charge in [0.25, 0.3) is 0 Å². The molecule has 168 valence electrons. The average Bonchev–Trinajstić information content (AvgIpc) is 3.08. The smallest absolute Gasteiger partial charge is 0.407 e. The minimum absolute atomic E-state index is 0.0578. The van der Waals surface area contributed by atoms with Gasteiger partial charge in [0, 0.05) is 19.0 Å². The maximum Gasteiger partial charge on any atom is 0.407 e. The van der Waals surface area contributed by atoms with Gasteiger partial charge in [0.05, 0.1) is 5.92 Å². The van der Waals surface area contributed by atoms with Gasteiger partial charge in [-0.05, 0) is 28.2 Å². The molecule has 2 atom stereocenters. The van der Waals surface area contributed by atoms with Crippen molar-refractivity contribution in [3.63, 3.8) is 0 Å². The molecule has 4 rings (SSSR count). The summed E-state index contributed by atoms with van der Waals surface area (Å²) in [4.78, 5) is 38.1. The average molecular weight is 437 g/mol. The summed E-state index contributed by atoms with van der Waals surface area (Å²) in [7, 11) is 0. The van der Waals surface area contributed by atoms with Crippen LogP contribution in [0.5, 0.6) is 0 Å². The van der Waals surface area contributed by atoms with E-state index in [-0.39, 0.29) is 37.4 Å². The molecule has 0 spiro atoms. The molecule has 2 aromatic carbocycles. The lowest BCUT2D eigenvalue weighted by Gasteiger charge is -2.39. The third kappa shape index (κ3) is 4.07. The highest BCUT2D eigenvalue weighted by Crippen LogP contribution is 2.44. The Morgan fingerprint density at radius 3 is 2.16 bits per heavy atom. The van der Waals surface area contributed by atoms with Gasteiger partial charge in [0.15, 0.2) is 0 Å². The highest BCUT2D eigenvalue weighted by molar-refractivity contribution is 5.88. The first-order chi connectivity index (χ1) is 15.4. The number of aliphatic carboxylic acids is 1. The largest absolute Gasteiger partial charge is 0.481 e. The molecule has 7 heteroatoms. The zero-order valence-corrected chi connectivity index (χ0v) is 18.3. The number of ether oxygens (including phenoxy) is 1. The van der Waals surface area contributed by atoms with E-state index in [0.29, 0.717) is 6.42 Å². The Labute approximate surface area is 187 Å². The molecule has 1 heterocycles. The molecule has 0 aromatic heterocycles. The molecule has 2 amide bonds. The molecule has 0 saturated carbocycles. The number of hydrogen-bond acceptors (Lipinski definition) is 4. The lowest BCUT2D eigenvalue weighted by Crippen LogP contribution is -2.60. The van der Waals surface area contributed by atoms with Crippen LogP contribution in [-0.2, 0) is 14.3 Å². The molecule has 1 saturated heterocycles. The first-order valence-electron chi connectivity index (χ1n) is 11.0. The molecule has 1 aliphatic heterocycles. The van der Waals surface area contributed by atoms with E-state index in [9.17, 15) is 14.4 Å². The number of fused-ring (bicyclic) bond motifs is 3. The monoisotopic (exact) mass is 436 g/mol. The number of amides is 2. The Morgan fingerprint density at radius 1 is 1.06 bits per heavy atom. The summed E-state index contributed by atoms with van der Waals surface area (Å²) in [6.45, 7) is 4.36. The van der Waals surface area contributed by atoms with E-state index < -0.39 is 24.0 Å². The van der Waals surface area contributed by atoms with Gasteiger partial charge >= 0.3 is 12.1 Å². The number of carbonyl (C=O) groups excluding carboxylic acids is 2. The second kappa shape index (κ2) is 9.02. The molecule has 1 fully saturated rings. The lowest BCUT2D eigenvalue weighted by molar-refractivity contribution is -0.154. The highest BCUT2D eigenvalue weighted by Gasteiger charge is 2.40. The minimum Gasteiger partial charge on any atom is -0.481 e. The van der Waals surface area contributed by atoms with Crippen molar-refractivity contribution < 1.29 is 24.2 Å². The maximum atomic E-state index is 12.9. The fourth-order valence-corrected chi connectivity index (χ4v) is 4.46. The lowest BCUT2D eigenvalue weighted by atomic mass is 9.94. The van der Waals surface area contributed by atoms with Crippen LogP contribution in [0.15, 0.2) is 48.5 Å². The van der Waals surface area contributed by atoms with Crippen LogP contribution in [0.1, 0.15) is 37.3 Å². The van der Waals surface area contributed by atoms with Crippen molar-refractivity contribution >= 4 is 18.0 Å². The Balaban J connectivity index is 1.41. The van der Waals surface area contributed by atoms with Crippen molar-refractivity contribution in [2.24, 2.45) is 11.8 Å². The predicted octanol–water partition coefficient (Wildman–Crippen LogP) is 3.48. The van der Waals surface area contributed by atoms with Crippen molar-refractivity contribution in [2.75, 3.05) is 19.7 Å². The molecule has 7 nitrogen and oxygen atoms in total. The number of benzene rings is 2. The molecule has 2 aromatic rings. The van der Waals surface area contributed by atoms with Gasteiger partial charge in [-0.25, -0.2) is 4.79 Å². The molecule has 0 bridgehead atoms. The Kier molecular flexibility index (Phi) is 6.17. The highest BCUT2D eigenvalue weighted by atomic mass is 16.5. The van der Waals surface area contributed by atoms with Crippen molar-refractivity contribution in [1.29, 1.82) is 0 Å². The van der Waals surface area contributed by atoms with E-state index in [1.54, 1.807) is 0 Å². The molecular weight excluding hydrogens is 408 g/mol. The quantitative estimate of drug-likeness (QED) is 0.693. The number of alkyl carbamates (subject to hydrolysis) is 1. The number of likely N-dealkylation sites (tertiary alicyclic amines) is 1. The van der Waals surface area contributed by atoms with Crippen molar-refractivity contribution in [1.82, 2.24) is 10.2 Å². The van der Waals surface area contributed by atoms with Gasteiger partial charge in [0.2, 0.25) is 5.91 Å². The van der Waals surface area contributed by atoms with E-state index in [2.05, 4.69) is 29.6 Å². The standard InChI is InChI=1S/C25H28N2O5/c1-3-15(2)22(23(28)27-12-16(13-27)24(29)30)26-25(31)32-14-21-19-10-6-4-8-17(19)18-9-5-7-11-20(18)21/h4-11,15-16,21-22H,3,12-14H2,1-2H3,(H,26,31)(H,29,30). The fraction of sp³-hybridized carbons (Fsp3) is 0.400. The van der Waals surface area contributed by atoms with Crippen LogP contribution < -0.4 is 5.32 Å². The van der Waals surface area contributed by atoms with Crippen molar-refractivity contribution in [2.45, 2.75) is 32.2 Å². The molecule has 2 aliphatic rings. The molecular formula is C25H28N2O5. The summed E-state index contributed by atoms with van der Waals surface area (Å²) < 4.78 is 5.59. The number of nitrogens with zero attached hydrogens (tertiary/aromatic N) is 1. The van der Waals surface area contributed by atoms with Crippen LogP contribution in [-0.4, -0.2) is 53.7 Å². The van der Waals surface area contributed by atoms with Gasteiger partial charge in [-0.1, -0.05) is 68.8 Å². The molecule has 0 radical (unpaired) electrons. The maximum absolute atomic E-state index is 12.9.